The van der Waals surface area contributed by atoms with E-state index in [0.29, 0.717) is 5.56 Å². The molecule has 0 fully saturated rings. The Balaban J connectivity index is 2.06. The summed E-state index contributed by atoms with van der Waals surface area (Å²) < 4.78 is 15.7. The predicted octanol–water partition coefficient (Wildman–Crippen LogP) is 2.38. The Morgan fingerprint density at radius 2 is 2.28 bits per heavy atom. The van der Waals surface area contributed by atoms with Gasteiger partial charge in [-0.15, -0.1) is 0 Å². The Morgan fingerprint density at radius 3 is 3.06 bits per heavy atom. The maximum Gasteiger partial charge on any atom is 0.221 e. The summed E-state index contributed by atoms with van der Waals surface area (Å²) in [5.41, 5.74) is 0.688. The van der Waals surface area contributed by atoms with Crippen molar-refractivity contribution in [2.45, 2.75) is 25.8 Å². The molecule has 1 aliphatic rings. The van der Waals surface area contributed by atoms with Crippen LogP contribution in [0.2, 0.25) is 0 Å². The molecule has 0 aliphatic carbocycles. The van der Waals surface area contributed by atoms with E-state index in [2.05, 4.69) is 15.4 Å². The molecule has 0 radical (unpaired) electrons. The Bertz CT molecular complexity index is 564. The minimum absolute atomic E-state index is 0.0600. The molecule has 18 heavy (non-hydrogen) atoms. The number of anilines is 1. The fourth-order valence-corrected chi connectivity index (χ4v) is 2.33. The first-order valence-corrected chi connectivity index (χ1v) is 6.23. The maximum absolute atomic E-state index is 13.9. The molecule has 2 aromatic rings. The van der Waals surface area contributed by atoms with Gasteiger partial charge in [0.05, 0.1) is 6.04 Å². The van der Waals surface area contributed by atoms with E-state index in [1.165, 1.54) is 6.07 Å². The first-order chi connectivity index (χ1) is 8.79. The van der Waals surface area contributed by atoms with E-state index in [0.717, 1.165) is 31.2 Å². The number of hydrogen-bond acceptors (Lipinski definition) is 3. The topological polar surface area (TPSA) is 42.7 Å². The number of aryl methyl sites for hydroxylation is 1. The molecule has 94 valence electrons. The number of benzene rings is 1. The molecule has 4 nitrogen and oxygen atoms in total. The van der Waals surface area contributed by atoms with Gasteiger partial charge >= 0.3 is 0 Å². The summed E-state index contributed by atoms with van der Waals surface area (Å²) >= 11 is 0. The van der Waals surface area contributed by atoms with Gasteiger partial charge in [0.1, 0.15) is 5.82 Å². The molecular weight excluding hydrogens is 231 g/mol. The van der Waals surface area contributed by atoms with E-state index in [1.54, 1.807) is 10.7 Å². The highest BCUT2D eigenvalue weighted by atomic mass is 19.1. The first-order valence-electron chi connectivity index (χ1n) is 6.23. The third-order valence-electron chi connectivity index (χ3n) is 3.25. The average Bonchev–Trinajstić information content (AvgIpc) is 2.82. The van der Waals surface area contributed by atoms with E-state index < -0.39 is 0 Å². The van der Waals surface area contributed by atoms with Crippen molar-refractivity contribution in [1.82, 2.24) is 14.8 Å². The van der Waals surface area contributed by atoms with Gasteiger partial charge in [-0.25, -0.2) is 9.07 Å². The molecule has 0 spiro atoms. The molecule has 1 atom stereocenters. The summed E-state index contributed by atoms with van der Waals surface area (Å²) in [5, 5.41) is 7.65. The van der Waals surface area contributed by atoms with Crippen LogP contribution in [0.15, 0.2) is 24.3 Å². The molecule has 2 heterocycles. The highest BCUT2D eigenvalue weighted by Crippen LogP contribution is 2.29. The Kier molecular flexibility index (Phi) is 2.74. The van der Waals surface area contributed by atoms with Crippen LogP contribution in [0.4, 0.5) is 10.3 Å². The number of fused-ring (bicyclic) bond motifs is 1. The zero-order valence-electron chi connectivity index (χ0n) is 10.2. The van der Waals surface area contributed by atoms with E-state index in [9.17, 15) is 4.39 Å². The summed E-state index contributed by atoms with van der Waals surface area (Å²) in [5.74, 6) is 1.36. The number of nitrogens with one attached hydrogen (secondary N) is 1. The quantitative estimate of drug-likeness (QED) is 0.884. The smallest absolute Gasteiger partial charge is 0.221 e. The van der Waals surface area contributed by atoms with Gasteiger partial charge in [0.15, 0.2) is 5.82 Å². The molecule has 0 saturated heterocycles. The molecule has 0 bridgehead atoms. The third kappa shape index (κ3) is 1.75. The molecular formula is C13H15FN4. The largest absolute Gasteiger partial charge is 0.354 e. The monoisotopic (exact) mass is 246 g/mol. The van der Waals surface area contributed by atoms with Crippen LogP contribution in [0.5, 0.6) is 0 Å². The fraction of sp³-hybridized carbons (Fsp3) is 0.385. The summed E-state index contributed by atoms with van der Waals surface area (Å²) in [6.07, 6.45) is 1.60. The van der Waals surface area contributed by atoms with Crippen molar-refractivity contribution in [3.8, 4) is 0 Å². The van der Waals surface area contributed by atoms with Crippen LogP contribution < -0.4 is 5.32 Å². The number of halogens is 1. The molecule has 0 amide bonds. The van der Waals surface area contributed by atoms with Crippen molar-refractivity contribution in [3.63, 3.8) is 0 Å². The van der Waals surface area contributed by atoms with E-state index in [4.69, 9.17) is 0 Å². The number of nitrogens with zero attached hydrogens (tertiary/aromatic N) is 3. The maximum atomic E-state index is 13.9. The Labute approximate surface area is 105 Å². The van der Waals surface area contributed by atoms with Crippen LogP contribution >= 0.6 is 0 Å². The van der Waals surface area contributed by atoms with Gasteiger partial charge in [0, 0.05) is 18.5 Å². The summed E-state index contributed by atoms with van der Waals surface area (Å²) in [6, 6.07) is 6.82. The van der Waals surface area contributed by atoms with Gasteiger partial charge in [0.2, 0.25) is 5.95 Å². The third-order valence-corrected chi connectivity index (χ3v) is 3.25. The SMILES string of the molecule is CCc1nc2n(n1)C(c1ccccc1F)CCN2. The lowest BCUT2D eigenvalue weighted by Gasteiger charge is -2.24. The molecule has 1 unspecified atom stereocenters. The highest BCUT2D eigenvalue weighted by molar-refractivity contribution is 5.33. The normalized spacial score (nSPS) is 18.2. The van der Waals surface area contributed by atoms with Gasteiger partial charge in [-0.05, 0) is 12.5 Å². The van der Waals surface area contributed by atoms with Gasteiger partial charge in [-0.3, -0.25) is 0 Å². The zero-order valence-corrected chi connectivity index (χ0v) is 10.2. The van der Waals surface area contributed by atoms with Crippen LogP contribution in [0.1, 0.15) is 30.8 Å². The molecule has 1 aromatic heterocycles. The van der Waals surface area contributed by atoms with Crippen LogP contribution in [0.3, 0.4) is 0 Å². The first kappa shape index (κ1) is 11.2. The van der Waals surface area contributed by atoms with Crippen LogP contribution in [0.25, 0.3) is 0 Å². The van der Waals surface area contributed by atoms with Crippen LogP contribution in [0, 0.1) is 5.82 Å². The molecule has 1 aromatic carbocycles. The van der Waals surface area contributed by atoms with Crippen molar-refractivity contribution >= 4 is 5.95 Å². The lowest BCUT2D eigenvalue weighted by molar-refractivity contribution is 0.455. The summed E-state index contributed by atoms with van der Waals surface area (Å²) in [6.45, 7) is 2.81. The predicted molar refractivity (Wildman–Crippen MR) is 67.0 cm³/mol. The number of hydrogen-bond donors (Lipinski definition) is 1. The molecule has 3 rings (SSSR count). The minimum Gasteiger partial charge on any atom is -0.354 e. The van der Waals surface area contributed by atoms with Crippen molar-refractivity contribution in [2.24, 2.45) is 0 Å². The molecule has 5 heteroatoms. The molecule has 1 N–H and O–H groups in total. The van der Waals surface area contributed by atoms with E-state index in [-0.39, 0.29) is 11.9 Å². The van der Waals surface area contributed by atoms with Crippen molar-refractivity contribution in [3.05, 3.63) is 41.5 Å². The standard InChI is InChI=1S/C13H15FN4/c1-2-12-16-13-15-8-7-11(18(13)17-12)9-5-3-4-6-10(9)14/h3-6,11H,2,7-8H2,1H3,(H,15,16,17). The minimum atomic E-state index is -0.177. The highest BCUT2D eigenvalue weighted by Gasteiger charge is 2.25. The second-order valence-electron chi connectivity index (χ2n) is 4.40. The number of rotatable bonds is 2. The van der Waals surface area contributed by atoms with Gasteiger partial charge in [0.25, 0.3) is 0 Å². The van der Waals surface area contributed by atoms with Crippen molar-refractivity contribution in [1.29, 1.82) is 0 Å². The van der Waals surface area contributed by atoms with Gasteiger partial charge in [-0.2, -0.15) is 10.1 Å². The van der Waals surface area contributed by atoms with E-state index in [1.807, 2.05) is 19.1 Å². The summed E-state index contributed by atoms with van der Waals surface area (Å²) in [4.78, 5) is 4.39. The van der Waals surface area contributed by atoms with Gasteiger partial charge < -0.3 is 5.32 Å². The van der Waals surface area contributed by atoms with Crippen molar-refractivity contribution < 1.29 is 4.39 Å². The van der Waals surface area contributed by atoms with Gasteiger partial charge in [-0.1, -0.05) is 25.1 Å². The van der Waals surface area contributed by atoms with E-state index >= 15 is 0 Å². The molecule has 1 aliphatic heterocycles. The Hall–Kier alpha value is -1.91. The lowest BCUT2D eigenvalue weighted by atomic mass is 10.0. The average molecular weight is 246 g/mol. The van der Waals surface area contributed by atoms with Crippen LogP contribution in [-0.4, -0.2) is 21.3 Å². The Morgan fingerprint density at radius 1 is 1.44 bits per heavy atom. The van der Waals surface area contributed by atoms with Crippen molar-refractivity contribution in [2.75, 3.05) is 11.9 Å². The second-order valence-corrected chi connectivity index (χ2v) is 4.40. The zero-order chi connectivity index (χ0) is 12.5. The van der Waals surface area contributed by atoms with Crippen LogP contribution in [-0.2, 0) is 6.42 Å². The number of aromatic nitrogens is 3. The second kappa shape index (κ2) is 4.40. The lowest BCUT2D eigenvalue weighted by Crippen LogP contribution is -2.25. The molecule has 0 saturated carbocycles. The fourth-order valence-electron chi connectivity index (χ4n) is 2.33. The summed E-state index contributed by atoms with van der Waals surface area (Å²) in [7, 11) is 0.